The van der Waals surface area contributed by atoms with E-state index in [0.29, 0.717) is 19.1 Å². The third-order valence-electron chi connectivity index (χ3n) is 4.82. The highest BCUT2D eigenvalue weighted by Gasteiger charge is 2.32. The van der Waals surface area contributed by atoms with Gasteiger partial charge in [-0.1, -0.05) is 19.3 Å². The van der Waals surface area contributed by atoms with Crippen molar-refractivity contribution in [2.75, 3.05) is 40.3 Å². The molecular formula is C16H26N4O4. The number of piperazine rings is 2. The summed E-state index contributed by atoms with van der Waals surface area (Å²) in [5.74, 6) is -0.439. The Morgan fingerprint density at radius 3 is 1.67 bits per heavy atom. The average molecular weight is 338 g/mol. The van der Waals surface area contributed by atoms with Gasteiger partial charge in [-0.3, -0.25) is 39.2 Å². The molecule has 1 saturated carbocycles. The predicted octanol–water partition coefficient (Wildman–Crippen LogP) is -0.806. The number of hydrogen-bond donors (Lipinski definition) is 1. The number of nitrogens with one attached hydrogen (secondary N) is 1. The van der Waals surface area contributed by atoms with Crippen LogP contribution < -0.4 is 5.32 Å². The zero-order valence-corrected chi connectivity index (χ0v) is 14.4. The maximum absolute atomic E-state index is 11.5. The molecule has 2 aliphatic heterocycles. The highest BCUT2D eigenvalue weighted by Crippen LogP contribution is 2.23. The summed E-state index contributed by atoms with van der Waals surface area (Å²) in [4.78, 5) is 48.8. The molecule has 0 bridgehead atoms. The molecule has 0 aromatic heterocycles. The fraction of sp³-hybridized carbons (Fsp3) is 0.750. The van der Waals surface area contributed by atoms with Crippen LogP contribution in [0.25, 0.3) is 0 Å². The van der Waals surface area contributed by atoms with E-state index in [1.54, 1.807) is 7.05 Å². The first kappa shape index (κ1) is 18.5. The molecule has 2 saturated heterocycles. The number of amides is 4. The molecule has 0 radical (unpaired) electrons. The van der Waals surface area contributed by atoms with Gasteiger partial charge in [-0.15, -0.1) is 0 Å². The quantitative estimate of drug-likeness (QED) is 0.629. The van der Waals surface area contributed by atoms with Crippen LogP contribution in [0.2, 0.25) is 0 Å². The molecule has 4 amide bonds. The summed E-state index contributed by atoms with van der Waals surface area (Å²) in [6.45, 7) is 1.41. The molecule has 1 aliphatic carbocycles. The summed E-state index contributed by atoms with van der Waals surface area (Å²) in [6, 6.07) is 0.459. The van der Waals surface area contributed by atoms with Crippen LogP contribution in [0.4, 0.5) is 0 Å². The van der Waals surface area contributed by atoms with Crippen LogP contribution in [0.1, 0.15) is 32.1 Å². The summed E-state index contributed by atoms with van der Waals surface area (Å²) in [7, 11) is 3.06. The first-order chi connectivity index (χ1) is 11.4. The fourth-order valence-electron chi connectivity index (χ4n) is 3.11. The summed E-state index contributed by atoms with van der Waals surface area (Å²) < 4.78 is 0. The van der Waals surface area contributed by atoms with Gasteiger partial charge in [0.25, 0.3) is 0 Å². The van der Waals surface area contributed by atoms with Crippen molar-refractivity contribution in [2.24, 2.45) is 0 Å². The van der Waals surface area contributed by atoms with Gasteiger partial charge in [0.15, 0.2) is 0 Å². The van der Waals surface area contributed by atoms with Crippen LogP contribution in [0.3, 0.4) is 0 Å². The average Bonchev–Trinajstić information content (AvgIpc) is 2.58. The first-order valence-electron chi connectivity index (χ1n) is 8.43. The van der Waals surface area contributed by atoms with Crippen LogP contribution in [0, 0.1) is 0 Å². The van der Waals surface area contributed by atoms with Crippen molar-refractivity contribution in [3.8, 4) is 0 Å². The van der Waals surface area contributed by atoms with Gasteiger partial charge in [-0.2, -0.15) is 0 Å². The lowest BCUT2D eigenvalue weighted by Gasteiger charge is -2.37. The van der Waals surface area contributed by atoms with Crippen molar-refractivity contribution >= 4 is 23.6 Å². The number of likely N-dealkylation sites (N-methyl/N-ethyl adjacent to an activating group) is 2. The molecule has 8 nitrogen and oxygen atoms in total. The number of hydrogen-bond acceptors (Lipinski definition) is 6. The maximum atomic E-state index is 11.5. The Balaban J connectivity index is 0.000000198. The minimum absolute atomic E-state index is 0.0585. The number of carbonyl (C=O) groups excluding carboxylic acids is 4. The van der Waals surface area contributed by atoms with Crippen LogP contribution in [-0.4, -0.2) is 84.6 Å². The summed E-state index contributed by atoms with van der Waals surface area (Å²) in [6.07, 6.45) is 6.06. The van der Waals surface area contributed by atoms with Crippen LogP contribution in [0.5, 0.6) is 0 Å². The summed E-state index contributed by atoms with van der Waals surface area (Å²) in [5, 5.41) is 2.67. The van der Waals surface area contributed by atoms with Gasteiger partial charge >= 0.3 is 0 Å². The van der Waals surface area contributed by atoms with Crippen LogP contribution >= 0.6 is 0 Å². The van der Waals surface area contributed by atoms with Crippen molar-refractivity contribution in [1.29, 1.82) is 0 Å². The monoisotopic (exact) mass is 338 g/mol. The van der Waals surface area contributed by atoms with Gasteiger partial charge in [0.05, 0.1) is 26.2 Å². The lowest BCUT2D eigenvalue weighted by molar-refractivity contribution is -0.151. The van der Waals surface area contributed by atoms with Gasteiger partial charge in [0.1, 0.15) is 0 Å². The molecule has 0 atom stereocenters. The third kappa shape index (κ3) is 4.61. The fourth-order valence-corrected chi connectivity index (χ4v) is 3.11. The highest BCUT2D eigenvalue weighted by atomic mass is 16.2. The summed E-state index contributed by atoms with van der Waals surface area (Å²) >= 11 is 0. The molecule has 8 heteroatoms. The Bertz CT molecular complexity index is 482. The molecule has 2 heterocycles. The van der Waals surface area contributed by atoms with Crippen molar-refractivity contribution in [1.82, 2.24) is 20.0 Å². The van der Waals surface area contributed by atoms with Crippen molar-refractivity contribution < 1.29 is 19.2 Å². The second-order valence-electron chi connectivity index (χ2n) is 6.49. The normalized spacial score (nSPS) is 24.1. The Morgan fingerprint density at radius 1 is 0.750 bits per heavy atom. The van der Waals surface area contributed by atoms with Crippen LogP contribution in [-0.2, 0) is 19.2 Å². The molecule has 0 spiro atoms. The number of imide groups is 2. The topological polar surface area (TPSA) is 90.0 Å². The second kappa shape index (κ2) is 8.34. The van der Waals surface area contributed by atoms with Crippen molar-refractivity contribution in [3.63, 3.8) is 0 Å². The van der Waals surface area contributed by atoms with E-state index in [4.69, 9.17) is 0 Å². The molecule has 0 aromatic rings. The Kier molecular flexibility index (Phi) is 6.44. The van der Waals surface area contributed by atoms with E-state index >= 15 is 0 Å². The predicted molar refractivity (Wildman–Crippen MR) is 86.9 cm³/mol. The lowest BCUT2D eigenvalue weighted by atomic mass is 9.94. The highest BCUT2D eigenvalue weighted by molar-refractivity contribution is 5.99. The maximum Gasteiger partial charge on any atom is 0.243 e. The van der Waals surface area contributed by atoms with E-state index in [1.807, 2.05) is 0 Å². The van der Waals surface area contributed by atoms with Gasteiger partial charge < -0.3 is 0 Å². The van der Waals surface area contributed by atoms with Gasteiger partial charge in [-0.05, 0) is 12.8 Å². The second-order valence-corrected chi connectivity index (χ2v) is 6.49. The largest absolute Gasteiger partial charge is 0.300 e. The molecule has 3 fully saturated rings. The molecular weight excluding hydrogens is 312 g/mol. The third-order valence-corrected chi connectivity index (χ3v) is 4.82. The number of rotatable bonds is 1. The lowest BCUT2D eigenvalue weighted by Crippen LogP contribution is -2.55. The first-order valence-corrected chi connectivity index (χ1v) is 8.43. The van der Waals surface area contributed by atoms with E-state index in [1.165, 1.54) is 31.2 Å². The SMILES string of the molecule is CN1C(=O)CN(C2CCCCC2)CC1=O.CN1C(=O)CNCC1=O. The van der Waals surface area contributed by atoms with Crippen LogP contribution in [0.15, 0.2) is 0 Å². The Morgan fingerprint density at radius 2 is 1.21 bits per heavy atom. The van der Waals surface area contributed by atoms with E-state index in [9.17, 15) is 19.2 Å². The molecule has 3 rings (SSSR count). The zero-order chi connectivity index (χ0) is 17.7. The van der Waals surface area contributed by atoms with Gasteiger partial charge in [-0.25, -0.2) is 0 Å². The molecule has 24 heavy (non-hydrogen) atoms. The van der Waals surface area contributed by atoms with Gasteiger partial charge in [0, 0.05) is 20.1 Å². The number of carbonyl (C=O) groups is 4. The minimum atomic E-state index is -0.161. The van der Waals surface area contributed by atoms with E-state index in [0.717, 1.165) is 17.7 Å². The van der Waals surface area contributed by atoms with Crippen molar-refractivity contribution in [2.45, 2.75) is 38.1 Å². The summed E-state index contributed by atoms with van der Waals surface area (Å²) in [5.41, 5.74) is 0. The Hall–Kier alpha value is -1.80. The molecule has 0 aromatic carbocycles. The molecule has 3 aliphatic rings. The number of nitrogens with zero attached hydrogens (tertiary/aromatic N) is 3. The van der Waals surface area contributed by atoms with Crippen molar-refractivity contribution in [3.05, 3.63) is 0 Å². The Labute approximate surface area is 142 Å². The van der Waals surface area contributed by atoms with E-state index in [-0.39, 0.29) is 36.7 Å². The zero-order valence-electron chi connectivity index (χ0n) is 14.4. The molecule has 134 valence electrons. The molecule has 1 N–H and O–H groups in total. The molecule has 0 unspecified atom stereocenters. The van der Waals surface area contributed by atoms with Gasteiger partial charge in [0.2, 0.25) is 23.6 Å². The standard InChI is InChI=1S/C11H18N2O2.C5H8N2O2/c1-12-10(14)7-13(8-11(12)15)9-5-3-2-4-6-9;1-7-4(8)2-6-3-5(7)9/h9H,2-8H2,1H3;6H,2-3H2,1H3. The smallest absolute Gasteiger partial charge is 0.243 e. The van der Waals surface area contributed by atoms with E-state index in [2.05, 4.69) is 10.2 Å². The van der Waals surface area contributed by atoms with E-state index < -0.39 is 0 Å². The minimum Gasteiger partial charge on any atom is -0.300 e.